The van der Waals surface area contributed by atoms with Gasteiger partial charge >= 0.3 is 0 Å². The molecule has 2 aromatic heterocycles. The van der Waals surface area contributed by atoms with E-state index in [0.29, 0.717) is 5.92 Å². The van der Waals surface area contributed by atoms with Gasteiger partial charge in [0, 0.05) is 31.1 Å². The SMILES string of the molecule is Cn1ccc(C(N)C2CCCc3cccnc32)n1. The van der Waals surface area contributed by atoms with Crippen LogP contribution < -0.4 is 5.73 Å². The second kappa shape index (κ2) is 4.53. The molecule has 4 heteroatoms. The van der Waals surface area contributed by atoms with Crippen LogP contribution in [0, 0.1) is 0 Å². The number of hydrogen-bond donors (Lipinski definition) is 1. The lowest BCUT2D eigenvalue weighted by Crippen LogP contribution is -2.25. The van der Waals surface area contributed by atoms with Gasteiger partial charge in [0.05, 0.1) is 11.7 Å². The maximum Gasteiger partial charge on any atom is 0.0798 e. The molecule has 0 saturated heterocycles. The topological polar surface area (TPSA) is 56.7 Å². The second-order valence-electron chi connectivity index (χ2n) is 4.99. The Labute approximate surface area is 107 Å². The number of hydrogen-bond acceptors (Lipinski definition) is 3. The predicted molar refractivity (Wildman–Crippen MR) is 70.1 cm³/mol. The van der Waals surface area contributed by atoms with E-state index in [4.69, 9.17) is 5.73 Å². The van der Waals surface area contributed by atoms with Gasteiger partial charge in [-0.2, -0.15) is 5.10 Å². The van der Waals surface area contributed by atoms with Crippen LogP contribution in [0.4, 0.5) is 0 Å². The first-order valence-corrected chi connectivity index (χ1v) is 6.44. The summed E-state index contributed by atoms with van der Waals surface area (Å²) in [6.45, 7) is 0. The summed E-state index contributed by atoms with van der Waals surface area (Å²) in [5, 5.41) is 4.42. The molecule has 0 saturated carbocycles. The van der Waals surface area contributed by atoms with Gasteiger partial charge in [0.15, 0.2) is 0 Å². The Morgan fingerprint density at radius 3 is 3.11 bits per heavy atom. The molecule has 2 N–H and O–H groups in total. The summed E-state index contributed by atoms with van der Waals surface area (Å²) in [6.07, 6.45) is 7.21. The third-order valence-electron chi connectivity index (χ3n) is 3.75. The van der Waals surface area contributed by atoms with E-state index in [0.717, 1.165) is 18.5 Å². The fourth-order valence-electron chi connectivity index (χ4n) is 2.81. The Bertz CT molecular complexity index is 546. The van der Waals surface area contributed by atoms with Crippen LogP contribution in [-0.2, 0) is 13.5 Å². The molecule has 0 spiro atoms. The number of aryl methyl sites for hydroxylation is 2. The van der Waals surface area contributed by atoms with Crippen molar-refractivity contribution >= 4 is 0 Å². The highest BCUT2D eigenvalue weighted by Crippen LogP contribution is 2.37. The Balaban J connectivity index is 1.94. The summed E-state index contributed by atoms with van der Waals surface area (Å²) >= 11 is 0. The van der Waals surface area contributed by atoms with Crippen molar-refractivity contribution in [3.8, 4) is 0 Å². The molecule has 2 unspecified atom stereocenters. The molecule has 0 fully saturated rings. The molecule has 2 atom stereocenters. The highest BCUT2D eigenvalue weighted by Gasteiger charge is 2.28. The fourth-order valence-corrected chi connectivity index (χ4v) is 2.81. The first-order valence-electron chi connectivity index (χ1n) is 6.44. The van der Waals surface area contributed by atoms with Crippen molar-refractivity contribution in [2.75, 3.05) is 0 Å². The van der Waals surface area contributed by atoms with E-state index in [1.54, 1.807) is 4.68 Å². The molecule has 3 rings (SSSR count). The van der Waals surface area contributed by atoms with E-state index in [1.165, 1.54) is 17.7 Å². The molecule has 0 bridgehead atoms. The molecule has 2 heterocycles. The number of fused-ring (bicyclic) bond motifs is 1. The zero-order valence-corrected chi connectivity index (χ0v) is 10.6. The summed E-state index contributed by atoms with van der Waals surface area (Å²) < 4.78 is 1.80. The van der Waals surface area contributed by atoms with Crippen LogP contribution in [-0.4, -0.2) is 14.8 Å². The molecule has 0 amide bonds. The van der Waals surface area contributed by atoms with Crippen molar-refractivity contribution in [2.45, 2.75) is 31.2 Å². The minimum Gasteiger partial charge on any atom is -0.322 e. The zero-order chi connectivity index (χ0) is 12.5. The van der Waals surface area contributed by atoms with Gasteiger partial charge in [0.25, 0.3) is 0 Å². The van der Waals surface area contributed by atoms with Crippen molar-refractivity contribution in [1.29, 1.82) is 0 Å². The lowest BCUT2D eigenvalue weighted by Gasteiger charge is -2.28. The molecule has 2 aromatic rings. The van der Waals surface area contributed by atoms with Crippen molar-refractivity contribution in [1.82, 2.24) is 14.8 Å². The first-order chi connectivity index (χ1) is 8.75. The number of nitrogens with two attached hydrogens (primary N) is 1. The van der Waals surface area contributed by atoms with Gasteiger partial charge in [0.2, 0.25) is 0 Å². The van der Waals surface area contributed by atoms with Crippen molar-refractivity contribution < 1.29 is 0 Å². The quantitative estimate of drug-likeness (QED) is 0.875. The largest absolute Gasteiger partial charge is 0.322 e. The van der Waals surface area contributed by atoms with Crippen molar-refractivity contribution in [2.24, 2.45) is 12.8 Å². The van der Waals surface area contributed by atoms with Gasteiger partial charge in [-0.15, -0.1) is 0 Å². The molecule has 1 aliphatic carbocycles. The standard InChI is InChI=1S/C14H18N4/c1-18-9-7-12(17-18)13(15)11-6-2-4-10-5-3-8-16-14(10)11/h3,5,7-9,11,13H,2,4,6,15H2,1H3. The van der Waals surface area contributed by atoms with Crippen molar-refractivity contribution in [3.05, 3.63) is 47.5 Å². The van der Waals surface area contributed by atoms with Gasteiger partial charge in [-0.05, 0) is 37.0 Å². The van der Waals surface area contributed by atoms with Gasteiger partial charge in [-0.25, -0.2) is 0 Å². The van der Waals surface area contributed by atoms with Crippen LogP contribution >= 0.6 is 0 Å². The van der Waals surface area contributed by atoms with Crippen LogP contribution in [0.1, 0.15) is 41.8 Å². The first kappa shape index (κ1) is 11.4. The van der Waals surface area contributed by atoms with Gasteiger partial charge < -0.3 is 5.73 Å². The minimum atomic E-state index is -0.0554. The lowest BCUT2D eigenvalue weighted by molar-refractivity contribution is 0.453. The molecule has 18 heavy (non-hydrogen) atoms. The van der Waals surface area contributed by atoms with E-state index in [2.05, 4.69) is 16.1 Å². The van der Waals surface area contributed by atoms with Crippen LogP contribution in [0.3, 0.4) is 0 Å². The number of rotatable bonds is 2. The maximum absolute atomic E-state index is 6.38. The van der Waals surface area contributed by atoms with Crippen molar-refractivity contribution in [3.63, 3.8) is 0 Å². The van der Waals surface area contributed by atoms with E-state index >= 15 is 0 Å². The van der Waals surface area contributed by atoms with Crippen LogP contribution in [0.2, 0.25) is 0 Å². The molecule has 94 valence electrons. The van der Waals surface area contributed by atoms with Crippen LogP contribution in [0.15, 0.2) is 30.6 Å². The van der Waals surface area contributed by atoms with Gasteiger partial charge in [-0.3, -0.25) is 9.67 Å². The molecule has 0 radical (unpaired) electrons. The second-order valence-corrected chi connectivity index (χ2v) is 4.99. The third-order valence-corrected chi connectivity index (χ3v) is 3.75. The number of aromatic nitrogens is 3. The molecule has 4 nitrogen and oxygen atoms in total. The Morgan fingerprint density at radius 1 is 1.44 bits per heavy atom. The average Bonchev–Trinajstić information content (AvgIpc) is 2.84. The minimum absolute atomic E-state index is 0.0554. The molecule has 0 aromatic carbocycles. The van der Waals surface area contributed by atoms with Gasteiger partial charge in [0.1, 0.15) is 0 Å². The summed E-state index contributed by atoms with van der Waals surface area (Å²) in [7, 11) is 1.92. The zero-order valence-electron chi connectivity index (χ0n) is 10.6. The maximum atomic E-state index is 6.38. The Kier molecular flexibility index (Phi) is 2.88. The van der Waals surface area contributed by atoms with Crippen LogP contribution in [0.5, 0.6) is 0 Å². The molecular formula is C14H18N4. The monoisotopic (exact) mass is 242 g/mol. The summed E-state index contributed by atoms with van der Waals surface area (Å²) in [6, 6.07) is 6.12. The van der Waals surface area contributed by atoms with E-state index < -0.39 is 0 Å². The Morgan fingerprint density at radius 2 is 2.33 bits per heavy atom. The Hall–Kier alpha value is -1.68. The molecular weight excluding hydrogens is 224 g/mol. The van der Waals surface area contributed by atoms with Crippen LogP contribution in [0.25, 0.3) is 0 Å². The molecule has 1 aliphatic rings. The fraction of sp³-hybridized carbons (Fsp3) is 0.429. The highest BCUT2D eigenvalue weighted by atomic mass is 15.3. The van der Waals surface area contributed by atoms with E-state index in [-0.39, 0.29) is 6.04 Å². The summed E-state index contributed by atoms with van der Waals surface area (Å²) in [4.78, 5) is 4.54. The normalized spacial score (nSPS) is 20.4. The third kappa shape index (κ3) is 1.93. The highest BCUT2D eigenvalue weighted by molar-refractivity contribution is 5.29. The summed E-state index contributed by atoms with van der Waals surface area (Å²) in [5.74, 6) is 0.296. The molecule has 0 aliphatic heterocycles. The van der Waals surface area contributed by atoms with E-state index in [9.17, 15) is 0 Å². The lowest BCUT2D eigenvalue weighted by atomic mass is 9.81. The number of pyridine rings is 1. The smallest absolute Gasteiger partial charge is 0.0798 e. The number of nitrogens with zero attached hydrogens (tertiary/aromatic N) is 3. The van der Waals surface area contributed by atoms with E-state index in [1.807, 2.05) is 31.6 Å². The summed E-state index contributed by atoms with van der Waals surface area (Å²) in [5.41, 5.74) is 9.86. The van der Waals surface area contributed by atoms with Gasteiger partial charge in [-0.1, -0.05) is 6.07 Å². The predicted octanol–water partition coefficient (Wildman–Crippen LogP) is 1.94. The average molecular weight is 242 g/mol.